The molecular formula is C13H23NO2. The molecule has 0 heterocycles. The molecule has 2 rings (SSSR count). The molecule has 3 heteroatoms. The van der Waals surface area contributed by atoms with Crippen LogP contribution in [0.1, 0.15) is 46.0 Å². The third-order valence-electron chi connectivity index (χ3n) is 4.50. The van der Waals surface area contributed by atoms with Crippen LogP contribution in [0.25, 0.3) is 0 Å². The first kappa shape index (κ1) is 11.9. The maximum atomic E-state index is 12.1. The maximum absolute atomic E-state index is 12.1. The van der Waals surface area contributed by atoms with Crippen molar-refractivity contribution in [3.05, 3.63) is 0 Å². The lowest BCUT2D eigenvalue weighted by atomic mass is 9.81. The fourth-order valence-electron chi connectivity index (χ4n) is 2.78. The summed E-state index contributed by atoms with van der Waals surface area (Å²) in [5, 5.41) is 12.2. The number of carbonyl (C=O) groups excluding carboxylic acids is 1. The van der Waals surface area contributed by atoms with Crippen LogP contribution in [0.2, 0.25) is 0 Å². The molecule has 2 aliphatic carbocycles. The molecule has 2 N–H and O–H groups in total. The van der Waals surface area contributed by atoms with Crippen LogP contribution in [0.15, 0.2) is 0 Å². The molecule has 0 spiro atoms. The van der Waals surface area contributed by atoms with Gasteiger partial charge in [0, 0.05) is 17.9 Å². The van der Waals surface area contributed by atoms with Crippen LogP contribution in [0.3, 0.4) is 0 Å². The van der Waals surface area contributed by atoms with Crippen molar-refractivity contribution in [2.24, 2.45) is 16.7 Å². The van der Waals surface area contributed by atoms with Gasteiger partial charge < -0.3 is 10.4 Å². The van der Waals surface area contributed by atoms with Gasteiger partial charge in [0.1, 0.15) is 0 Å². The highest BCUT2D eigenvalue weighted by atomic mass is 16.3. The first-order valence-corrected chi connectivity index (χ1v) is 6.38. The predicted octanol–water partition coefficient (Wildman–Crippen LogP) is 1.70. The molecule has 2 aliphatic rings. The van der Waals surface area contributed by atoms with Crippen LogP contribution in [-0.4, -0.2) is 24.2 Å². The lowest BCUT2D eigenvalue weighted by Crippen LogP contribution is -2.39. The Hall–Kier alpha value is -0.570. The Morgan fingerprint density at radius 2 is 2.06 bits per heavy atom. The fraction of sp³-hybridized carbons (Fsp3) is 0.923. The van der Waals surface area contributed by atoms with Crippen LogP contribution in [-0.2, 0) is 4.79 Å². The summed E-state index contributed by atoms with van der Waals surface area (Å²) in [7, 11) is 0. The quantitative estimate of drug-likeness (QED) is 0.765. The summed E-state index contributed by atoms with van der Waals surface area (Å²) in [6, 6.07) is 0. The van der Waals surface area contributed by atoms with Crippen molar-refractivity contribution in [1.82, 2.24) is 5.32 Å². The number of hydrogen-bond donors (Lipinski definition) is 2. The topological polar surface area (TPSA) is 49.3 Å². The molecular weight excluding hydrogens is 202 g/mol. The van der Waals surface area contributed by atoms with E-state index < -0.39 is 0 Å². The molecule has 16 heavy (non-hydrogen) atoms. The van der Waals surface area contributed by atoms with Crippen LogP contribution in [0.5, 0.6) is 0 Å². The number of aliphatic hydroxyl groups excluding tert-OH is 1. The van der Waals surface area contributed by atoms with E-state index in [0.717, 1.165) is 32.1 Å². The van der Waals surface area contributed by atoms with Gasteiger partial charge in [0.05, 0.1) is 6.61 Å². The van der Waals surface area contributed by atoms with Crippen molar-refractivity contribution in [2.45, 2.75) is 46.0 Å². The SMILES string of the molecule is CC1(C)CCCC1C(=O)NCC1(CO)CC1. The number of rotatable bonds is 4. The van der Waals surface area contributed by atoms with Crippen LogP contribution in [0.4, 0.5) is 0 Å². The third-order valence-corrected chi connectivity index (χ3v) is 4.50. The van der Waals surface area contributed by atoms with E-state index in [1.54, 1.807) is 0 Å². The Bertz CT molecular complexity index is 282. The van der Waals surface area contributed by atoms with E-state index in [1.165, 1.54) is 0 Å². The molecule has 0 aromatic heterocycles. The lowest BCUT2D eigenvalue weighted by molar-refractivity contribution is -0.127. The highest BCUT2D eigenvalue weighted by Crippen LogP contribution is 2.45. The number of carbonyl (C=O) groups is 1. The van der Waals surface area contributed by atoms with Gasteiger partial charge in [0.25, 0.3) is 0 Å². The molecule has 0 aliphatic heterocycles. The molecule has 0 aromatic carbocycles. The molecule has 0 aromatic rings. The van der Waals surface area contributed by atoms with Gasteiger partial charge in [-0.25, -0.2) is 0 Å². The van der Waals surface area contributed by atoms with Crippen molar-refractivity contribution in [2.75, 3.05) is 13.2 Å². The Morgan fingerprint density at radius 1 is 1.38 bits per heavy atom. The van der Waals surface area contributed by atoms with Crippen molar-refractivity contribution < 1.29 is 9.90 Å². The van der Waals surface area contributed by atoms with Crippen LogP contribution < -0.4 is 5.32 Å². The van der Waals surface area contributed by atoms with E-state index >= 15 is 0 Å². The largest absolute Gasteiger partial charge is 0.396 e. The van der Waals surface area contributed by atoms with Gasteiger partial charge in [-0.15, -0.1) is 0 Å². The molecule has 1 unspecified atom stereocenters. The zero-order chi connectivity index (χ0) is 11.8. The predicted molar refractivity (Wildman–Crippen MR) is 62.9 cm³/mol. The smallest absolute Gasteiger partial charge is 0.223 e. The summed E-state index contributed by atoms with van der Waals surface area (Å²) in [5.41, 5.74) is 0.179. The van der Waals surface area contributed by atoms with Crippen LogP contribution in [0, 0.1) is 16.7 Å². The minimum absolute atomic E-state index is 0.0262. The molecule has 0 radical (unpaired) electrons. The zero-order valence-electron chi connectivity index (χ0n) is 10.4. The van der Waals surface area contributed by atoms with Gasteiger partial charge in [-0.3, -0.25) is 4.79 Å². The Labute approximate surface area is 97.6 Å². The fourth-order valence-corrected chi connectivity index (χ4v) is 2.78. The number of amides is 1. The molecule has 1 amide bonds. The van der Waals surface area contributed by atoms with Crippen molar-refractivity contribution in [1.29, 1.82) is 0 Å². The highest BCUT2D eigenvalue weighted by Gasteiger charge is 2.44. The van der Waals surface area contributed by atoms with E-state index in [0.29, 0.717) is 6.54 Å². The second-order valence-corrected chi connectivity index (χ2v) is 6.31. The van der Waals surface area contributed by atoms with Crippen molar-refractivity contribution in [3.8, 4) is 0 Å². The summed E-state index contributed by atoms with van der Waals surface area (Å²) in [6.07, 6.45) is 5.44. The van der Waals surface area contributed by atoms with E-state index in [1.807, 2.05) is 0 Å². The molecule has 3 nitrogen and oxygen atoms in total. The van der Waals surface area contributed by atoms with E-state index in [9.17, 15) is 9.90 Å². The first-order chi connectivity index (χ1) is 7.49. The van der Waals surface area contributed by atoms with Gasteiger partial charge >= 0.3 is 0 Å². The lowest BCUT2D eigenvalue weighted by Gasteiger charge is -2.26. The second kappa shape index (κ2) is 4.02. The van der Waals surface area contributed by atoms with Gasteiger partial charge in [-0.1, -0.05) is 20.3 Å². The molecule has 92 valence electrons. The number of nitrogens with one attached hydrogen (secondary N) is 1. The number of aliphatic hydroxyl groups is 1. The molecule has 0 saturated heterocycles. The second-order valence-electron chi connectivity index (χ2n) is 6.31. The molecule has 1 atom stereocenters. The third kappa shape index (κ3) is 2.24. The van der Waals surface area contributed by atoms with E-state index in [2.05, 4.69) is 19.2 Å². The van der Waals surface area contributed by atoms with Gasteiger partial charge in [0.2, 0.25) is 5.91 Å². The summed E-state index contributed by atoms with van der Waals surface area (Å²) < 4.78 is 0. The minimum Gasteiger partial charge on any atom is -0.396 e. The summed E-state index contributed by atoms with van der Waals surface area (Å²) in [6.45, 7) is 5.24. The average molecular weight is 225 g/mol. The van der Waals surface area contributed by atoms with Gasteiger partial charge in [-0.2, -0.15) is 0 Å². The Morgan fingerprint density at radius 3 is 2.50 bits per heavy atom. The monoisotopic (exact) mass is 225 g/mol. The minimum atomic E-state index is 0.0262. The summed E-state index contributed by atoms with van der Waals surface area (Å²) >= 11 is 0. The first-order valence-electron chi connectivity index (χ1n) is 6.38. The van der Waals surface area contributed by atoms with Crippen molar-refractivity contribution in [3.63, 3.8) is 0 Å². The van der Waals surface area contributed by atoms with Crippen molar-refractivity contribution >= 4 is 5.91 Å². The Kier molecular flexibility index (Phi) is 2.99. The summed E-state index contributed by atoms with van der Waals surface area (Å²) in [4.78, 5) is 12.1. The normalized spacial score (nSPS) is 30.1. The van der Waals surface area contributed by atoms with E-state index in [4.69, 9.17) is 0 Å². The average Bonchev–Trinajstić information content (AvgIpc) is 2.94. The molecule has 2 fully saturated rings. The van der Waals surface area contributed by atoms with Gasteiger partial charge in [-0.05, 0) is 31.1 Å². The Balaban J connectivity index is 1.84. The zero-order valence-corrected chi connectivity index (χ0v) is 10.4. The highest BCUT2D eigenvalue weighted by molar-refractivity contribution is 5.79. The molecule has 2 saturated carbocycles. The van der Waals surface area contributed by atoms with Crippen LogP contribution >= 0.6 is 0 Å². The standard InChI is InChI=1S/C13H23NO2/c1-12(2)5-3-4-10(12)11(16)14-8-13(9-15)6-7-13/h10,15H,3-9H2,1-2H3,(H,14,16). The maximum Gasteiger partial charge on any atom is 0.223 e. The van der Waals surface area contributed by atoms with E-state index in [-0.39, 0.29) is 29.3 Å². The summed E-state index contributed by atoms with van der Waals surface area (Å²) in [5.74, 6) is 0.365. The molecule has 0 bridgehead atoms. The number of hydrogen-bond acceptors (Lipinski definition) is 2. The van der Waals surface area contributed by atoms with Gasteiger partial charge in [0.15, 0.2) is 0 Å².